The zero-order valence-electron chi connectivity index (χ0n) is 15.3. The molecule has 27 heavy (non-hydrogen) atoms. The van der Waals surface area contributed by atoms with Crippen molar-refractivity contribution in [1.82, 2.24) is 9.80 Å². The molecule has 0 N–H and O–H groups in total. The maximum absolute atomic E-state index is 12.4. The average molecular weight is 380 g/mol. The zero-order valence-corrected chi connectivity index (χ0v) is 15.3. The number of benzene rings is 1. The predicted octanol–water partition coefficient (Wildman–Crippen LogP) is 2.38. The summed E-state index contributed by atoms with van der Waals surface area (Å²) in [5.74, 6) is -0.0771. The van der Waals surface area contributed by atoms with Crippen LogP contribution in [0.5, 0.6) is 11.5 Å². The van der Waals surface area contributed by atoms with Gasteiger partial charge < -0.3 is 19.3 Å². The van der Waals surface area contributed by atoms with Gasteiger partial charge in [-0.15, -0.1) is 0 Å². The number of amides is 1. The zero-order chi connectivity index (χ0) is 20.2. The van der Waals surface area contributed by atoms with Crippen LogP contribution in [0.2, 0.25) is 0 Å². The van der Waals surface area contributed by atoms with Gasteiger partial charge in [0.2, 0.25) is 5.91 Å². The van der Waals surface area contributed by atoms with Crippen molar-refractivity contribution < 1.29 is 23.0 Å². The quantitative estimate of drug-likeness (QED) is 0.548. The summed E-state index contributed by atoms with van der Waals surface area (Å²) in [5, 5.41) is 17.4. The minimum atomic E-state index is -2.94. The molecule has 0 radical (unpaired) electrons. The summed E-state index contributed by atoms with van der Waals surface area (Å²) in [5.41, 5.74) is 0.806. The molecule has 7 nitrogen and oxygen atoms in total. The number of ether oxygens (including phenoxy) is 2. The number of halogens is 2. The van der Waals surface area contributed by atoms with Crippen LogP contribution in [0.15, 0.2) is 18.2 Å². The van der Waals surface area contributed by atoms with Crippen molar-refractivity contribution in [3.05, 3.63) is 23.8 Å². The Bertz CT molecular complexity index is 685. The number of hydrogen-bond acceptors (Lipinski definition) is 6. The highest BCUT2D eigenvalue weighted by molar-refractivity contribution is 5.76. The van der Waals surface area contributed by atoms with E-state index >= 15 is 0 Å². The fourth-order valence-corrected chi connectivity index (χ4v) is 2.35. The molecule has 0 saturated heterocycles. The molecule has 0 aliphatic rings. The van der Waals surface area contributed by atoms with E-state index in [9.17, 15) is 13.6 Å². The summed E-state index contributed by atoms with van der Waals surface area (Å²) in [6.45, 7) is -0.275. The molecule has 1 aromatic carbocycles. The van der Waals surface area contributed by atoms with E-state index < -0.39 is 6.61 Å². The van der Waals surface area contributed by atoms with Gasteiger partial charge in [0.25, 0.3) is 0 Å². The third kappa shape index (κ3) is 7.89. The van der Waals surface area contributed by atoms with E-state index in [1.165, 1.54) is 11.0 Å². The SMILES string of the molecule is CCOc1cc(CN(C)CCC(=O)N(CC#N)CC#N)ccc1OC(F)F. The molecule has 0 heterocycles. The fourth-order valence-electron chi connectivity index (χ4n) is 2.35. The van der Waals surface area contributed by atoms with Crippen molar-refractivity contribution in [3.8, 4) is 23.6 Å². The van der Waals surface area contributed by atoms with Gasteiger partial charge >= 0.3 is 6.61 Å². The van der Waals surface area contributed by atoms with E-state index in [1.807, 2.05) is 17.0 Å². The van der Waals surface area contributed by atoms with E-state index in [0.29, 0.717) is 19.7 Å². The molecule has 0 spiro atoms. The monoisotopic (exact) mass is 380 g/mol. The van der Waals surface area contributed by atoms with E-state index in [1.54, 1.807) is 26.1 Å². The van der Waals surface area contributed by atoms with Gasteiger partial charge in [0, 0.05) is 19.5 Å². The van der Waals surface area contributed by atoms with E-state index in [4.69, 9.17) is 15.3 Å². The van der Waals surface area contributed by atoms with Gasteiger partial charge in [-0.1, -0.05) is 6.07 Å². The maximum atomic E-state index is 12.4. The Balaban J connectivity index is 2.67. The van der Waals surface area contributed by atoms with Gasteiger partial charge in [-0.05, 0) is 31.7 Å². The van der Waals surface area contributed by atoms with Crippen LogP contribution in [-0.4, -0.2) is 55.6 Å². The average Bonchev–Trinajstić information content (AvgIpc) is 2.61. The third-order valence-electron chi connectivity index (χ3n) is 3.56. The standard InChI is InChI=1S/C18H22F2N4O3/c1-3-26-16-12-14(4-5-15(16)27-18(19)20)13-23(2)9-6-17(25)24(10-7-21)11-8-22/h4-5,12,18H,3,6,9-11,13H2,1-2H3. The molecular formula is C18H22F2N4O3. The maximum Gasteiger partial charge on any atom is 0.387 e. The van der Waals surface area contributed by atoms with Crippen molar-refractivity contribution in [2.75, 3.05) is 33.3 Å². The van der Waals surface area contributed by atoms with Crippen LogP contribution in [0.4, 0.5) is 8.78 Å². The molecule has 0 saturated carbocycles. The summed E-state index contributed by atoms with van der Waals surface area (Å²) in [4.78, 5) is 15.1. The van der Waals surface area contributed by atoms with Gasteiger partial charge in [-0.3, -0.25) is 4.79 Å². The van der Waals surface area contributed by atoms with Gasteiger partial charge in [0.05, 0.1) is 18.7 Å². The number of nitriles is 2. The van der Waals surface area contributed by atoms with Crippen molar-refractivity contribution in [2.45, 2.75) is 26.5 Å². The van der Waals surface area contributed by atoms with Crippen LogP contribution in [0.1, 0.15) is 18.9 Å². The summed E-state index contributed by atoms with van der Waals surface area (Å²) in [7, 11) is 1.80. The second-order valence-corrected chi connectivity index (χ2v) is 5.65. The third-order valence-corrected chi connectivity index (χ3v) is 3.56. The molecule has 0 unspecified atom stereocenters. The lowest BCUT2D eigenvalue weighted by molar-refractivity contribution is -0.130. The van der Waals surface area contributed by atoms with Crippen molar-refractivity contribution >= 4 is 5.91 Å². The first-order chi connectivity index (χ1) is 12.9. The molecule has 1 rings (SSSR count). The summed E-state index contributed by atoms with van der Waals surface area (Å²) < 4.78 is 34.7. The molecule has 0 aromatic heterocycles. The number of hydrogen-bond donors (Lipinski definition) is 0. The molecule has 0 atom stereocenters. The van der Waals surface area contributed by atoms with Crippen LogP contribution in [-0.2, 0) is 11.3 Å². The Labute approximate surface area is 157 Å². The number of carbonyl (C=O) groups excluding carboxylic acids is 1. The molecule has 9 heteroatoms. The second kappa shape index (κ2) is 11.7. The van der Waals surface area contributed by atoms with Crippen molar-refractivity contribution in [3.63, 3.8) is 0 Å². The van der Waals surface area contributed by atoms with E-state index in [0.717, 1.165) is 5.56 Å². The van der Waals surface area contributed by atoms with E-state index in [2.05, 4.69) is 4.74 Å². The predicted molar refractivity (Wildman–Crippen MR) is 93.0 cm³/mol. The second-order valence-electron chi connectivity index (χ2n) is 5.65. The lowest BCUT2D eigenvalue weighted by Crippen LogP contribution is -2.34. The fraction of sp³-hybridized carbons (Fsp3) is 0.500. The van der Waals surface area contributed by atoms with Gasteiger partial charge in [0.15, 0.2) is 11.5 Å². The molecule has 1 amide bonds. The Hall–Kier alpha value is -2.91. The summed E-state index contributed by atoms with van der Waals surface area (Å²) in [6.07, 6.45) is 0.157. The lowest BCUT2D eigenvalue weighted by Gasteiger charge is -2.20. The van der Waals surface area contributed by atoms with Gasteiger partial charge in [0.1, 0.15) is 13.1 Å². The minimum absolute atomic E-state index is 0.0305. The number of rotatable bonds is 11. The Morgan fingerprint density at radius 2 is 1.89 bits per heavy atom. The first-order valence-electron chi connectivity index (χ1n) is 8.32. The molecule has 0 aliphatic heterocycles. The number of alkyl halides is 2. The van der Waals surface area contributed by atoms with Gasteiger partial charge in [-0.2, -0.15) is 19.3 Å². The van der Waals surface area contributed by atoms with Crippen LogP contribution in [0, 0.1) is 22.7 Å². The molecule has 0 bridgehead atoms. The lowest BCUT2D eigenvalue weighted by atomic mass is 10.2. The van der Waals surface area contributed by atoms with Crippen LogP contribution >= 0.6 is 0 Å². The minimum Gasteiger partial charge on any atom is -0.490 e. The van der Waals surface area contributed by atoms with Crippen LogP contribution in [0.3, 0.4) is 0 Å². The smallest absolute Gasteiger partial charge is 0.387 e. The normalized spacial score (nSPS) is 10.4. The first-order valence-corrected chi connectivity index (χ1v) is 8.32. The van der Waals surface area contributed by atoms with E-state index in [-0.39, 0.29) is 36.9 Å². The number of carbonyl (C=O) groups is 1. The number of nitrogens with zero attached hydrogens (tertiary/aromatic N) is 4. The largest absolute Gasteiger partial charge is 0.490 e. The van der Waals surface area contributed by atoms with Crippen molar-refractivity contribution in [1.29, 1.82) is 10.5 Å². The molecular weight excluding hydrogens is 358 g/mol. The topological polar surface area (TPSA) is 89.6 Å². The van der Waals surface area contributed by atoms with Crippen LogP contribution in [0.25, 0.3) is 0 Å². The Morgan fingerprint density at radius 3 is 2.44 bits per heavy atom. The van der Waals surface area contributed by atoms with Gasteiger partial charge in [-0.25, -0.2) is 0 Å². The molecule has 0 fully saturated rings. The summed E-state index contributed by atoms with van der Waals surface area (Å²) in [6, 6.07) is 8.41. The van der Waals surface area contributed by atoms with Crippen LogP contribution < -0.4 is 9.47 Å². The molecule has 0 aliphatic carbocycles. The highest BCUT2D eigenvalue weighted by Gasteiger charge is 2.15. The Kier molecular flexibility index (Phi) is 9.55. The first kappa shape index (κ1) is 22.1. The molecule has 146 valence electrons. The summed E-state index contributed by atoms with van der Waals surface area (Å²) >= 11 is 0. The Morgan fingerprint density at radius 1 is 1.22 bits per heavy atom. The highest BCUT2D eigenvalue weighted by atomic mass is 19.3. The molecule has 1 aromatic rings. The van der Waals surface area contributed by atoms with Crippen molar-refractivity contribution in [2.24, 2.45) is 0 Å². The highest BCUT2D eigenvalue weighted by Crippen LogP contribution is 2.30.